The van der Waals surface area contributed by atoms with Gasteiger partial charge in [0.15, 0.2) is 0 Å². The molecule has 33 heavy (non-hydrogen) atoms. The van der Waals surface area contributed by atoms with Gasteiger partial charge in [0.25, 0.3) is 5.56 Å². The van der Waals surface area contributed by atoms with Crippen molar-refractivity contribution in [2.24, 2.45) is 7.05 Å². The van der Waals surface area contributed by atoms with E-state index in [0.29, 0.717) is 31.2 Å². The summed E-state index contributed by atoms with van der Waals surface area (Å²) in [6.07, 6.45) is 0.399. The summed E-state index contributed by atoms with van der Waals surface area (Å²) in [7, 11) is -2.34. The Morgan fingerprint density at radius 2 is 1.85 bits per heavy atom. The Morgan fingerprint density at radius 1 is 1.12 bits per heavy atom. The molecular weight excluding hydrogens is 603 g/mol. The molecule has 3 aromatic rings. The molecule has 2 atom stereocenters. The van der Waals surface area contributed by atoms with Crippen molar-refractivity contribution in [2.45, 2.75) is 24.5 Å². The molecule has 1 heterocycles. The van der Waals surface area contributed by atoms with E-state index < -0.39 is 21.1 Å². The molecule has 0 bridgehead atoms. The number of pyridine rings is 1. The van der Waals surface area contributed by atoms with Crippen LogP contribution in [0.25, 0.3) is 0 Å². The van der Waals surface area contributed by atoms with E-state index in [4.69, 9.17) is 23.2 Å². The summed E-state index contributed by atoms with van der Waals surface area (Å²) in [6, 6.07) is 11.0. The second kappa shape index (κ2) is 9.09. The van der Waals surface area contributed by atoms with Gasteiger partial charge >= 0.3 is 0 Å². The number of nitrogens with zero attached hydrogens (tertiary/aromatic N) is 1. The van der Waals surface area contributed by atoms with Crippen LogP contribution in [-0.4, -0.2) is 18.2 Å². The van der Waals surface area contributed by atoms with Crippen LogP contribution >= 0.6 is 45.8 Å². The molecule has 1 aromatic heterocycles. The van der Waals surface area contributed by atoms with Gasteiger partial charge < -0.3 is 5.32 Å². The predicted molar refractivity (Wildman–Crippen MR) is 139 cm³/mol. The SMILES string of the molecule is Cc1cc(NS(=O)(=O)C2CC2c2ccc(Cl)cc2Cl)c(Nc2ccc(I)cc2F)n(C)c1=O. The third-order valence-corrected chi connectivity index (χ3v) is 8.58. The largest absolute Gasteiger partial charge is 0.337 e. The fourth-order valence-electron chi connectivity index (χ4n) is 3.71. The molecule has 1 saturated carbocycles. The minimum Gasteiger partial charge on any atom is -0.337 e. The smallest absolute Gasteiger partial charge is 0.254 e. The van der Waals surface area contributed by atoms with Gasteiger partial charge in [-0.3, -0.25) is 14.1 Å². The lowest BCUT2D eigenvalue weighted by atomic mass is 10.1. The van der Waals surface area contributed by atoms with Gasteiger partial charge in [-0.2, -0.15) is 0 Å². The standard InChI is InChI=1S/C22H19Cl2FIN3O3S/c1-11-7-19(21(29(2)22(11)30)27-18-6-4-13(26)9-17(18)25)28-33(31,32)20-10-15(20)14-5-3-12(23)8-16(14)24/h3-9,15,20,27-28H,10H2,1-2H3. The van der Waals surface area contributed by atoms with Gasteiger partial charge in [0.1, 0.15) is 11.6 Å². The van der Waals surface area contributed by atoms with Gasteiger partial charge in [-0.15, -0.1) is 0 Å². The van der Waals surface area contributed by atoms with Crippen LogP contribution in [0.15, 0.2) is 47.3 Å². The zero-order valence-corrected chi connectivity index (χ0v) is 22.0. The first-order chi connectivity index (χ1) is 15.5. The van der Waals surface area contributed by atoms with Crippen LogP contribution in [0.4, 0.5) is 21.6 Å². The Hall–Kier alpha value is -1.82. The minimum atomic E-state index is -3.83. The van der Waals surface area contributed by atoms with Gasteiger partial charge in [0.2, 0.25) is 10.0 Å². The summed E-state index contributed by atoms with van der Waals surface area (Å²) < 4.78 is 45.4. The summed E-state index contributed by atoms with van der Waals surface area (Å²) in [5, 5.41) is 3.06. The molecule has 6 nitrogen and oxygen atoms in total. The van der Waals surface area contributed by atoms with E-state index in [9.17, 15) is 17.6 Å². The summed E-state index contributed by atoms with van der Waals surface area (Å²) in [6.45, 7) is 1.59. The topological polar surface area (TPSA) is 80.2 Å². The number of aromatic nitrogens is 1. The van der Waals surface area contributed by atoms with Gasteiger partial charge in [0.05, 0.1) is 16.6 Å². The number of hydrogen-bond acceptors (Lipinski definition) is 4. The van der Waals surface area contributed by atoms with Crippen molar-refractivity contribution in [1.29, 1.82) is 0 Å². The van der Waals surface area contributed by atoms with Crippen molar-refractivity contribution in [2.75, 3.05) is 10.0 Å². The summed E-state index contributed by atoms with van der Waals surface area (Å²) in [4.78, 5) is 12.5. The molecule has 4 rings (SSSR count). The predicted octanol–water partition coefficient (Wildman–Crippen LogP) is 5.79. The molecule has 0 saturated heterocycles. The van der Waals surface area contributed by atoms with E-state index in [2.05, 4.69) is 10.0 Å². The zero-order valence-electron chi connectivity index (χ0n) is 17.5. The van der Waals surface area contributed by atoms with E-state index in [0.717, 1.165) is 0 Å². The minimum absolute atomic E-state index is 0.118. The van der Waals surface area contributed by atoms with E-state index in [1.54, 1.807) is 31.2 Å². The van der Waals surface area contributed by atoms with E-state index >= 15 is 0 Å². The highest BCUT2D eigenvalue weighted by Gasteiger charge is 2.49. The second-order valence-electron chi connectivity index (χ2n) is 7.90. The van der Waals surface area contributed by atoms with Crippen molar-refractivity contribution in [3.63, 3.8) is 0 Å². The van der Waals surface area contributed by atoms with Crippen LogP contribution in [-0.2, 0) is 17.1 Å². The van der Waals surface area contributed by atoms with Gasteiger partial charge in [-0.1, -0.05) is 29.3 Å². The summed E-state index contributed by atoms with van der Waals surface area (Å²) >= 11 is 14.2. The first-order valence-electron chi connectivity index (χ1n) is 9.87. The van der Waals surface area contributed by atoms with Crippen molar-refractivity contribution in [1.82, 2.24) is 4.57 Å². The Kier molecular flexibility index (Phi) is 6.69. The van der Waals surface area contributed by atoms with Crippen molar-refractivity contribution >= 4 is 73.0 Å². The Balaban J connectivity index is 1.67. The average molecular weight is 622 g/mol. The van der Waals surface area contributed by atoms with Crippen LogP contribution in [0.1, 0.15) is 23.5 Å². The molecule has 0 radical (unpaired) electrons. The number of sulfonamides is 1. The molecule has 2 N–H and O–H groups in total. The van der Waals surface area contributed by atoms with Crippen LogP contribution in [0.3, 0.4) is 0 Å². The van der Waals surface area contributed by atoms with Crippen LogP contribution < -0.4 is 15.6 Å². The monoisotopic (exact) mass is 621 g/mol. The number of hydrogen-bond donors (Lipinski definition) is 2. The number of aryl methyl sites for hydroxylation is 1. The first-order valence-corrected chi connectivity index (χ1v) is 13.3. The maximum Gasteiger partial charge on any atom is 0.254 e. The van der Waals surface area contributed by atoms with Gasteiger partial charge in [0, 0.05) is 32.1 Å². The molecule has 174 valence electrons. The van der Waals surface area contributed by atoms with E-state index in [1.165, 1.54) is 29.8 Å². The fraction of sp³-hybridized carbons (Fsp3) is 0.227. The summed E-state index contributed by atoms with van der Waals surface area (Å²) in [5.74, 6) is -0.662. The van der Waals surface area contributed by atoms with Crippen LogP contribution in [0.2, 0.25) is 10.0 Å². The molecule has 2 unspecified atom stereocenters. The quantitative estimate of drug-likeness (QED) is 0.342. The van der Waals surface area contributed by atoms with Crippen LogP contribution in [0.5, 0.6) is 0 Å². The molecule has 11 heteroatoms. The summed E-state index contributed by atoms with van der Waals surface area (Å²) in [5.41, 5.74) is 1.00. The molecule has 2 aromatic carbocycles. The second-order valence-corrected chi connectivity index (χ2v) is 11.9. The van der Waals surface area contributed by atoms with Crippen molar-refractivity contribution in [3.8, 4) is 0 Å². The normalized spacial score (nSPS) is 17.6. The molecule has 0 amide bonds. The molecule has 1 aliphatic carbocycles. The fourth-order valence-corrected chi connectivity index (χ4v) is 6.37. The zero-order chi connectivity index (χ0) is 24.1. The maximum atomic E-state index is 14.4. The third-order valence-electron chi connectivity index (χ3n) is 5.52. The van der Waals surface area contributed by atoms with Crippen molar-refractivity contribution in [3.05, 3.63) is 83.4 Å². The first kappa shape index (κ1) is 24.3. The molecule has 0 aliphatic heterocycles. The average Bonchev–Trinajstić information content (AvgIpc) is 3.52. The molecular formula is C22H19Cl2FIN3O3S. The molecule has 1 fully saturated rings. The number of halogens is 4. The van der Waals surface area contributed by atoms with Gasteiger partial charge in [-0.25, -0.2) is 12.8 Å². The lowest BCUT2D eigenvalue weighted by Crippen LogP contribution is -2.26. The van der Waals surface area contributed by atoms with E-state index in [1.807, 2.05) is 22.6 Å². The van der Waals surface area contributed by atoms with Gasteiger partial charge in [-0.05, 0) is 77.9 Å². The Morgan fingerprint density at radius 3 is 2.52 bits per heavy atom. The number of rotatable bonds is 6. The Bertz CT molecular complexity index is 1430. The van der Waals surface area contributed by atoms with Crippen LogP contribution in [0, 0.1) is 16.3 Å². The lowest BCUT2D eigenvalue weighted by molar-refractivity contribution is 0.599. The molecule has 0 spiro atoms. The highest BCUT2D eigenvalue weighted by molar-refractivity contribution is 14.1. The van der Waals surface area contributed by atoms with E-state index in [-0.39, 0.29) is 28.7 Å². The highest BCUT2D eigenvalue weighted by atomic mass is 127. The Labute approximate surface area is 214 Å². The third kappa shape index (κ3) is 5.01. The number of anilines is 3. The highest BCUT2D eigenvalue weighted by Crippen LogP contribution is 2.49. The lowest BCUT2D eigenvalue weighted by Gasteiger charge is -2.19. The maximum absolute atomic E-state index is 14.4. The number of nitrogens with one attached hydrogen (secondary N) is 2. The molecule has 1 aliphatic rings. The van der Waals surface area contributed by atoms with Crippen molar-refractivity contribution < 1.29 is 12.8 Å². The number of benzene rings is 2.